The van der Waals surface area contributed by atoms with E-state index in [1.165, 1.54) is 0 Å². The van der Waals surface area contributed by atoms with Gasteiger partial charge < -0.3 is 14.2 Å². The number of nitrogens with zero attached hydrogens (tertiary/aromatic N) is 2. The van der Waals surface area contributed by atoms with Crippen LogP contribution in [0.15, 0.2) is 54.7 Å². The monoisotopic (exact) mass is 420 g/mol. The highest BCUT2D eigenvalue weighted by Gasteiger charge is 2.29. The predicted molar refractivity (Wildman–Crippen MR) is 115 cm³/mol. The zero-order valence-corrected chi connectivity index (χ0v) is 17.5. The van der Waals surface area contributed by atoms with E-state index >= 15 is 0 Å². The summed E-state index contributed by atoms with van der Waals surface area (Å²) >= 11 is 0. The molecule has 2 aromatic carbocycles. The fourth-order valence-corrected chi connectivity index (χ4v) is 3.70. The van der Waals surface area contributed by atoms with Crippen molar-refractivity contribution in [3.05, 3.63) is 60.3 Å². The molecule has 0 N–H and O–H groups in total. The number of esters is 1. The smallest absolute Gasteiger partial charge is 0.342 e. The number of ketones is 1. The molecular formula is C24H24N2O5. The van der Waals surface area contributed by atoms with Crippen LogP contribution in [-0.4, -0.2) is 41.9 Å². The van der Waals surface area contributed by atoms with Crippen molar-refractivity contribution in [3.8, 4) is 28.4 Å². The first-order valence-electron chi connectivity index (χ1n) is 10.2. The van der Waals surface area contributed by atoms with Gasteiger partial charge in [0.2, 0.25) is 0 Å². The fourth-order valence-electron chi connectivity index (χ4n) is 3.70. The maximum Gasteiger partial charge on any atom is 0.342 e. The van der Waals surface area contributed by atoms with Gasteiger partial charge in [0.15, 0.2) is 11.9 Å². The van der Waals surface area contributed by atoms with Crippen molar-refractivity contribution in [2.24, 2.45) is 0 Å². The number of ether oxygens (including phenoxy) is 3. The van der Waals surface area contributed by atoms with Crippen LogP contribution in [0.25, 0.3) is 16.9 Å². The molecule has 1 aromatic heterocycles. The Morgan fingerprint density at radius 1 is 1.06 bits per heavy atom. The second kappa shape index (κ2) is 9.04. The standard InChI is InChI=1S/C24H24N2O5/c1-29-17-12-13-21(30-2)18(14-17)23-19(15-26(25-23)16-8-4-3-5-9-16)24(28)31-22-11-7-6-10-20(22)27/h3-5,8-9,12-15,22H,6-7,10-11H2,1-2H3/t22-/m1/s1. The third-order valence-electron chi connectivity index (χ3n) is 5.36. The lowest BCUT2D eigenvalue weighted by Gasteiger charge is -2.20. The Hall–Kier alpha value is -3.61. The van der Waals surface area contributed by atoms with Crippen molar-refractivity contribution >= 4 is 11.8 Å². The summed E-state index contributed by atoms with van der Waals surface area (Å²) in [5.74, 6) is 0.534. The molecule has 0 saturated heterocycles. The topological polar surface area (TPSA) is 79.7 Å². The van der Waals surface area contributed by atoms with Gasteiger partial charge in [-0.15, -0.1) is 0 Å². The van der Waals surface area contributed by atoms with Gasteiger partial charge in [-0.05, 0) is 49.6 Å². The molecular weight excluding hydrogens is 396 g/mol. The summed E-state index contributed by atoms with van der Waals surface area (Å²) in [5, 5.41) is 4.66. The molecule has 7 nitrogen and oxygen atoms in total. The van der Waals surface area contributed by atoms with Gasteiger partial charge in [-0.3, -0.25) is 4.79 Å². The highest BCUT2D eigenvalue weighted by Crippen LogP contribution is 2.35. The first-order valence-corrected chi connectivity index (χ1v) is 10.2. The van der Waals surface area contributed by atoms with E-state index in [1.54, 1.807) is 43.3 Å². The summed E-state index contributed by atoms with van der Waals surface area (Å²) in [6.07, 6.45) is 3.61. The third kappa shape index (κ3) is 4.30. The second-order valence-electron chi connectivity index (χ2n) is 7.34. The van der Waals surface area contributed by atoms with Crippen LogP contribution < -0.4 is 9.47 Å². The zero-order chi connectivity index (χ0) is 21.8. The molecule has 1 aliphatic rings. The van der Waals surface area contributed by atoms with Crippen LogP contribution in [0.4, 0.5) is 0 Å². The SMILES string of the molecule is COc1ccc(OC)c(-c2nn(-c3ccccc3)cc2C(=O)O[C@@H]2CCCCC2=O)c1. The van der Waals surface area contributed by atoms with Crippen molar-refractivity contribution in [1.29, 1.82) is 0 Å². The summed E-state index contributed by atoms with van der Waals surface area (Å²) in [6.45, 7) is 0. The van der Waals surface area contributed by atoms with Crippen LogP contribution in [0.5, 0.6) is 11.5 Å². The Labute approximate surface area is 180 Å². The van der Waals surface area contributed by atoms with Gasteiger partial charge in [-0.25, -0.2) is 9.48 Å². The first-order chi connectivity index (χ1) is 15.1. The van der Waals surface area contributed by atoms with E-state index in [0.717, 1.165) is 18.5 Å². The van der Waals surface area contributed by atoms with Gasteiger partial charge >= 0.3 is 5.97 Å². The van der Waals surface area contributed by atoms with Crippen LogP contribution in [-0.2, 0) is 9.53 Å². The van der Waals surface area contributed by atoms with Gasteiger partial charge in [-0.2, -0.15) is 5.10 Å². The van der Waals surface area contributed by atoms with Gasteiger partial charge in [-0.1, -0.05) is 18.2 Å². The lowest BCUT2D eigenvalue weighted by molar-refractivity contribution is -0.129. The van der Waals surface area contributed by atoms with Crippen molar-refractivity contribution in [2.75, 3.05) is 14.2 Å². The number of carbonyl (C=O) groups excluding carboxylic acids is 2. The molecule has 1 atom stereocenters. The summed E-state index contributed by atoms with van der Waals surface area (Å²) in [7, 11) is 3.12. The quantitative estimate of drug-likeness (QED) is 0.556. The van der Waals surface area contributed by atoms with Gasteiger partial charge in [0.25, 0.3) is 0 Å². The number of carbonyl (C=O) groups is 2. The Morgan fingerprint density at radius 2 is 1.87 bits per heavy atom. The van der Waals surface area contributed by atoms with Crippen LogP contribution in [0.2, 0.25) is 0 Å². The summed E-state index contributed by atoms with van der Waals surface area (Å²) < 4.78 is 18.1. The number of hydrogen-bond acceptors (Lipinski definition) is 6. The normalized spacial score (nSPS) is 16.1. The molecule has 0 spiro atoms. The molecule has 0 bridgehead atoms. The lowest BCUT2D eigenvalue weighted by atomic mass is 9.96. The van der Waals surface area contributed by atoms with Crippen molar-refractivity contribution in [2.45, 2.75) is 31.8 Å². The molecule has 0 unspecified atom stereocenters. The van der Waals surface area contributed by atoms with Gasteiger partial charge in [0.05, 0.1) is 19.9 Å². The molecule has 31 heavy (non-hydrogen) atoms. The van der Waals surface area contributed by atoms with E-state index in [1.807, 2.05) is 30.3 Å². The maximum absolute atomic E-state index is 13.2. The van der Waals surface area contributed by atoms with Crippen molar-refractivity contribution < 1.29 is 23.8 Å². The second-order valence-corrected chi connectivity index (χ2v) is 7.34. The van der Waals surface area contributed by atoms with Crippen LogP contribution >= 0.6 is 0 Å². The highest BCUT2D eigenvalue weighted by atomic mass is 16.5. The highest BCUT2D eigenvalue weighted by molar-refractivity contribution is 5.98. The van der Waals surface area contributed by atoms with E-state index in [2.05, 4.69) is 5.10 Å². The molecule has 1 heterocycles. The molecule has 0 amide bonds. The molecule has 160 valence electrons. The minimum absolute atomic E-state index is 0.0319. The molecule has 1 fully saturated rings. The summed E-state index contributed by atoms with van der Waals surface area (Å²) in [4.78, 5) is 25.3. The minimum atomic E-state index is -0.707. The largest absolute Gasteiger partial charge is 0.497 e. The molecule has 0 radical (unpaired) electrons. The number of Topliss-reactive ketones (excluding diaryl/α,β-unsaturated/α-hetero) is 1. The Balaban J connectivity index is 1.79. The molecule has 1 saturated carbocycles. The van der Waals surface area contributed by atoms with Crippen molar-refractivity contribution in [1.82, 2.24) is 9.78 Å². The molecule has 1 aliphatic carbocycles. The number of aromatic nitrogens is 2. The van der Waals surface area contributed by atoms with Gasteiger partial charge in [0.1, 0.15) is 22.8 Å². The average molecular weight is 420 g/mol. The molecule has 3 aromatic rings. The van der Waals surface area contributed by atoms with E-state index in [4.69, 9.17) is 14.2 Å². The average Bonchev–Trinajstić information content (AvgIpc) is 3.26. The Kier molecular flexibility index (Phi) is 6.02. The Morgan fingerprint density at radius 3 is 2.58 bits per heavy atom. The van der Waals surface area contributed by atoms with Crippen LogP contribution in [0.1, 0.15) is 36.0 Å². The maximum atomic E-state index is 13.2. The number of hydrogen-bond donors (Lipinski definition) is 0. The van der Waals surface area contributed by atoms with Crippen molar-refractivity contribution in [3.63, 3.8) is 0 Å². The minimum Gasteiger partial charge on any atom is -0.497 e. The molecule has 4 rings (SSSR count). The summed E-state index contributed by atoms with van der Waals surface area (Å²) in [6, 6.07) is 14.8. The Bertz CT molecular complexity index is 1090. The number of benzene rings is 2. The fraction of sp³-hybridized carbons (Fsp3) is 0.292. The van der Waals surface area contributed by atoms with Crippen LogP contribution in [0.3, 0.4) is 0 Å². The van der Waals surface area contributed by atoms with Crippen LogP contribution in [0, 0.1) is 0 Å². The van der Waals surface area contributed by atoms with E-state index in [9.17, 15) is 9.59 Å². The van der Waals surface area contributed by atoms with E-state index in [-0.39, 0.29) is 11.3 Å². The van der Waals surface area contributed by atoms with E-state index in [0.29, 0.717) is 35.6 Å². The lowest BCUT2D eigenvalue weighted by Crippen LogP contribution is -2.30. The molecule has 7 heteroatoms. The molecule has 0 aliphatic heterocycles. The summed E-state index contributed by atoms with van der Waals surface area (Å²) in [5.41, 5.74) is 2.04. The predicted octanol–water partition coefficient (Wildman–Crippen LogP) is 4.23. The van der Waals surface area contributed by atoms with Gasteiger partial charge in [0, 0.05) is 18.2 Å². The number of para-hydroxylation sites is 1. The third-order valence-corrected chi connectivity index (χ3v) is 5.36. The number of rotatable bonds is 6. The van der Waals surface area contributed by atoms with E-state index < -0.39 is 12.1 Å². The number of methoxy groups -OCH3 is 2. The zero-order valence-electron chi connectivity index (χ0n) is 17.5. The first kappa shape index (κ1) is 20.7.